The van der Waals surface area contributed by atoms with Gasteiger partial charge in [0, 0.05) is 16.1 Å². The maximum absolute atomic E-state index is 13.6. The maximum Gasteiger partial charge on any atom is 0.416 e. The number of nitrogens with one attached hydrogen (secondary N) is 3. The molecule has 0 heterocycles. The fourth-order valence-corrected chi connectivity index (χ4v) is 5.21. The summed E-state index contributed by atoms with van der Waals surface area (Å²) < 4.78 is 55.5. The largest absolute Gasteiger partial charge is 0.493 e. The highest BCUT2D eigenvalue weighted by Gasteiger charge is 2.31. The lowest BCUT2D eigenvalue weighted by Crippen LogP contribution is -2.30. The summed E-state index contributed by atoms with van der Waals surface area (Å²) in [6.07, 6.45) is -3.15. The molecule has 0 unspecified atom stereocenters. The second-order valence-electron chi connectivity index (χ2n) is 9.85. The van der Waals surface area contributed by atoms with Gasteiger partial charge in [-0.3, -0.25) is 14.4 Å². The van der Waals surface area contributed by atoms with Crippen LogP contribution in [0.1, 0.15) is 21.5 Å². The lowest BCUT2D eigenvalue weighted by molar-refractivity contribution is -0.137. The number of methoxy groups -OCH3 is 3. The number of amides is 3. The minimum Gasteiger partial charge on any atom is -0.493 e. The summed E-state index contributed by atoms with van der Waals surface area (Å²) in [5.74, 6) is -0.925. The highest BCUT2D eigenvalue weighted by atomic mass is 35.5. The second-order valence-corrected chi connectivity index (χ2v) is 11.3. The van der Waals surface area contributed by atoms with Gasteiger partial charge in [-0.1, -0.05) is 35.9 Å². The Kier molecular flexibility index (Phi) is 12.0. The fraction of sp³-hybridized carbons (Fsp3) is 0.147. The smallest absolute Gasteiger partial charge is 0.416 e. The van der Waals surface area contributed by atoms with Crippen molar-refractivity contribution in [3.8, 4) is 17.2 Å². The number of thioether (sulfide) groups is 1. The van der Waals surface area contributed by atoms with E-state index in [1.54, 1.807) is 66.7 Å². The highest BCUT2D eigenvalue weighted by Crippen LogP contribution is 2.39. The first kappa shape index (κ1) is 35.7. The van der Waals surface area contributed by atoms with Crippen LogP contribution in [0, 0.1) is 0 Å². The molecule has 0 fully saturated rings. The fourth-order valence-electron chi connectivity index (χ4n) is 4.29. The van der Waals surface area contributed by atoms with Gasteiger partial charge >= 0.3 is 6.18 Å². The van der Waals surface area contributed by atoms with Crippen LogP contribution in [-0.2, 0) is 15.8 Å². The van der Waals surface area contributed by atoms with E-state index in [-0.39, 0.29) is 22.2 Å². The normalized spacial score (nSPS) is 11.4. The van der Waals surface area contributed by atoms with Crippen molar-refractivity contribution < 1.29 is 41.8 Å². The van der Waals surface area contributed by atoms with Gasteiger partial charge in [0.05, 0.1) is 43.4 Å². The summed E-state index contributed by atoms with van der Waals surface area (Å²) in [7, 11) is 4.36. The number of rotatable bonds is 12. The van der Waals surface area contributed by atoms with Crippen molar-refractivity contribution >= 4 is 58.5 Å². The van der Waals surface area contributed by atoms with Crippen molar-refractivity contribution in [2.75, 3.05) is 37.7 Å². The summed E-state index contributed by atoms with van der Waals surface area (Å²) in [6.45, 7) is 0. The van der Waals surface area contributed by atoms with Crippen molar-refractivity contribution in [2.24, 2.45) is 0 Å². The monoisotopic (exact) mass is 699 g/mol. The summed E-state index contributed by atoms with van der Waals surface area (Å²) in [4.78, 5) is 39.8. The second kappa shape index (κ2) is 16.1. The van der Waals surface area contributed by atoms with Crippen LogP contribution in [0.2, 0.25) is 5.02 Å². The molecule has 4 rings (SSSR count). The Hall–Kier alpha value is -5.14. The molecule has 9 nitrogen and oxygen atoms in total. The van der Waals surface area contributed by atoms with Crippen LogP contribution >= 0.6 is 23.4 Å². The molecule has 0 saturated carbocycles. The number of ether oxygens (including phenoxy) is 3. The first-order chi connectivity index (χ1) is 22.9. The third kappa shape index (κ3) is 9.46. The zero-order valence-electron chi connectivity index (χ0n) is 25.7. The van der Waals surface area contributed by atoms with E-state index < -0.39 is 29.5 Å². The average Bonchev–Trinajstić information content (AvgIpc) is 3.07. The molecule has 3 N–H and O–H groups in total. The maximum atomic E-state index is 13.6. The number of carbonyl (C=O) groups excluding carboxylic acids is 3. The van der Waals surface area contributed by atoms with Crippen molar-refractivity contribution in [2.45, 2.75) is 11.1 Å². The molecule has 0 saturated heterocycles. The number of alkyl halides is 3. The number of hydrogen-bond acceptors (Lipinski definition) is 7. The van der Waals surface area contributed by atoms with Crippen LogP contribution in [0.3, 0.4) is 0 Å². The van der Waals surface area contributed by atoms with Gasteiger partial charge in [-0.25, -0.2) is 0 Å². The van der Waals surface area contributed by atoms with E-state index in [0.29, 0.717) is 39.0 Å². The molecule has 0 atom stereocenters. The summed E-state index contributed by atoms with van der Waals surface area (Å²) >= 11 is 7.07. The van der Waals surface area contributed by atoms with E-state index in [9.17, 15) is 27.6 Å². The predicted octanol–water partition coefficient (Wildman–Crippen LogP) is 7.53. The van der Waals surface area contributed by atoms with Gasteiger partial charge in [0.15, 0.2) is 11.5 Å². The minimum atomic E-state index is -4.60. The Morgan fingerprint density at radius 3 is 2.15 bits per heavy atom. The SMILES string of the molecule is COc1cc(/C=C(/NC(=O)c2ccccc2)C(=O)Nc2cccc(SCC(=O)Nc3cc(C(F)(F)F)ccc3Cl)c2)cc(OC)c1OC. The number of anilines is 2. The number of benzene rings is 4. The zero-order chi connectivity index (χ0) is 34.8. The van der Waals surface area contributed by atoms with Gasteiger partial charge in [-0.15, -0.1) is 11.8 Å². The van der Waals surface area contributed by atoms with Crippen LogP contribution in [0.15, 0.2) is 95.5 Å². The molecule has 3 amide bonds. The summed E-state index contributed by atoms with van der Waals surface area (Å²) in [5, 5.41) is 7.76. The molecule has 0 radical (unpaired) electrons. The molecular formula is C34H29ClF3N3O6S. The van der Waals surface area contributed by atoms with Crippen LogP contribution in [0.25, 0.3) is 6.08 Å². The topological polar surface area (TPSA) is 115 Å². The van der Waals surface area contributed by atoms with E-state index in [0.717, 1.165) is 30.0 Å². The molecule has 0 bridgehead atoms. The van der Waals surface area contributed by atoms with E-state index >= 15 is 0 Å². The van der Waals surface area contributed by atoms with Gasteiger partial charge in [-0.2, -0.15) is 13.2 Å². The molecule has 14 heteroatoms. The lowest BCUT2D eigenvalue weighted by Gasteiger charge is -2.15. The van der Waals surface area contributed by atoms with Crippen LogP contribution < -0.4 is 30.2 Å². The molecule has 0 aliphatic heterocycles. The van der Waals surface area contributed by atoms with E-state index in [1.165, 1.54) is 27.4 Å². The first-order valence-corrected chi connectivity index (χ1v) is 15.4. The summed E-state index contributed by atoms with van der Waals surface area (Å²) in [5.41, 5.74) is -0.0907. The molecule has 0 spiro atoms. The Morgan fingerprint density at radius 1 is 0.833 bits per heavy atom. The molecule has 0 aromatic heterocycles. The first-order valence-electron chi connectivity index (χ1n) is 14.0. The third-order valence-corrected chi connectivity index (χ3v) is 7.88. The Bertz CT molecular complexity index is 1810. The molecular weight excluding hydrogens is 671 g/mol. The minimum absolute atomic E-state index is 0.0409. The van der Waals surface area contributed by atoms with E-state index in [4.69, 9.17) is 25.8 Å². The molecule has 0 aliphatic carbocycles. The zero-order valence-corrected chi connectivity index (χ0v) is 27.3. The van der Waals surface area contributed by atoms with Gasteiger partial charge in [0.1, 0.15) is 5.70 Å². The van der Waals surface area contributed by atoms with Crippen molar-refractivity contribution in [1.29, 1.82) is 0 Å². The van der Waals surface area contributed by atoms with E-state index in [2.05, 4.69) is 16.0 Å². The van der Waals surface area contributed by atoms with Gasteiger partial charge < -0.3 is 30.2 Å². The molecule has 4 aromatic carbocycles. The van der Waals surface area contributed by atoms with Crippen molar-refractivity contribution in [3.05, 3.63) is 112 Å². The van der Waals surface area contributed by atoms with Crippen molar-refractivity contribution in [3.63, 3.8) is 0 Å². The van der Waals surface area contributed by atoms with Crippen LogP contribution in [0.4, 0.5) is 24.5 Å². The molecule has 0 aliphatic rings. The standard InChI is InChI=1S/C34H29ClF3N3O6S/c1-45-28-15-20(16-29(46-2)31(28)47-3)14-27(41-32(43)21-8-5-4-6-9-21)33(44)39-23-10-7-11-24(18-23)48-19-30(42)40-26-17-22(34(36,37)38)12-13-25(26)35/h4-18H,19H2,1-3H3,(H,39,44)(H,40,42)(H,41,43)/b27-14+. The van der Waals surface area contributed by atoms with Gasteiger partial charge in [0.2, 0.25) is 11.7 Å². The molecule has 250 valence electrons. The van der Waals surface area contributed by atoms with Crippen molar-refractivity contribution in [1.82, 2.24) is 5.32 Å². The average molecular weight is 700 g/mol. The van der Waals surface area contributed by atoms with Gasteiger partial charge in [0.25, 0.3) is 11.8 Å². The van der Waals surface area contributed by atoms with Crippen LogP contribution in [-0.4, -0.2) is 44.8 Å². The third-order valence-electron chi connectivity index (χ3n) is 6.56. The van der Waals surface area contributed by atoms with E-state index in [1.807, 2.05) is 0 Å². The molecule has 4 aromatic rings. The van der Waals surface area contributed by atoms with Gasteiger partial charge in [-0.05, 0) is 72.3 Å². The Labute approximate surface area is 283 Å². The Balaban J connectivity index is 1.53. The molecule has 48 heavy (non-hydrogen) atoms. The summed E-state index contributed by atoms with van der Waals surface area (Å²) in [6, 6.07) is 20.7. The van der Waals surface area contributed by atoms with Crippen LogP contribution in [0.5, 0.6) is 17.2 Å². The lowest BCUT2D eigenvalue weighted by atomic mass is 10.1. The number of halogens is 4. The highest BCUT2D eigenvalue weighted by molar-refractivity contribution is 8.00. The number of hydrogen-bond donors (Lipinski definition) is 3. The Morgan fingerprint density at radius 2 is 1.52 bits per heavy atom. The predicted molar refractivity (Wildman–Crippen MR) is 179 cm³/mol. The quantitative estimate of drug-likeness (QED) is 0.104. The number of carbonyl (C=O) groups is 3.